The number of methoxy groups -OCH3 is 1. The molecule has 0 unspecified atom stereocenters. The molecule has 0 spiro atoms. The Hall–Kier alpha value is -2.87. The van der Waals surface area contributed by atoms with Crippen LogP contribution in [0.25, 0.3) is 10.9 Å². The quantitative estimate of drug-likeness (QED) is 0.288. The van der Waals surface area contributed by atoms with E-state index in [0.29, 0.717) is 45.1 Å². The van der Waals surface area contributed by atoms with Crippen molar-refractivity contribution in [1.29, 1.82) is 0 Å². The fraction of sp³-hybridized carbons (Fsp3) is 0.333. The van der Waals surface area contributed by atoms with E-state index in [1.807, 2.05) is 13.0 Å². The average Bonchev–Trinajstić information content (AvgIpc) is 3.01. The molecular formula is C21H23N3O4S. The summed E-state index contributed by atoms with van der Waals surface area (Å²) in [7, 11) is 1.31. The number of esters is 1. The summed E-state index contributed by atoms with van der Waals surface area (Å²) in [6, 6.07) is 7.17. The van der Waals surface area contributed by atoms with E-state index in [1.54, 1.807) is 43.5 Å². The SMILES string of the molecule is CCn1c(S[C@@H](C)C(=O)c2[nH]c(C)c(C(=O)OC)c2C)nc2ccccc2c1=O. The van der Waals surface area contributed by atoms with Crippen LogP contribution in [0.1, 0.15) is 46.0 Å². The Labute approximate surface area is 172 Å². The van der Waals surface area contributed by atoms with Gasteiger partial charge in [0.15, 0.2) is 10.9 Å². The number of ketones is 1. The number of aromatic nitrogens is 3. The van der Waals surface area contributed by atoms with Crippen LogP contribution in [0.2, 0.25) is 0 Å². The average molecular weight is 413 g/mol. The maximum Gasteiger partial charge on any atom is 0.339 e. The van der Waals surface area contributed by atoms with Gasteiger partial charge in [-0.15, -0.1) is 0 Å². The van der Waals surface area contributed by atoms with E-state index in [4.69, 9.17) is 4.74 Å². The van der Waals surface area contributed by atoms with Crippen LogP contribution >= 0.6 is 11.8 Å². The van der Waals surface area contributed by atoms with Crippen molar-refractivity contribution < 1.29 is 14.3 Å². The third-order valence-corrected chi connectivity index (χ3v) is 5.96. The minimum atomic E-state index is -0.511. The van der Waals surface area contributed by atoms with Crippen LogP contribution in [-0.4, -0.2) is 38.6 Å². The van der Waals surface area contributed by atoms with Gasteiger partial charge in [-0.25, -0.2) is 9.78 Å². The van der Waals surface area contributed by atoms with Gasteiger partial charge in [-0.2, -0.15) is 0 Å². The smallest absolute Gasteiger partial charge is 0.339 e. The molecule has 8 heteroatoms. The van der Waals surface area contributed by atoms with Crippen molar-refractivity contribution in [3.63, 3.8) is 0 Å². The van der Waals surface area contributed by atoms with Crippen molar-refractivity contribution in [2.24, 2.45) is 0 Å². The lowest BCUT2D eigenvalue weighted by Gasteiger charge is -2.14. The third-order valence-electron chi connectivity index (χ3n) is 4.87. The van der Waals surface area contributed by atoms with Crippen LogP contribution in [0.15, 0.2) is 34.2 Å². The number of hydrogen-bond donors (Lipinski definition) is 1. The van der Waals surface area contributed by atoms with Crippen LogP contribution < -0.4 is 5.56 Å². The maximum absolute atomic E-state index is 13.1. The maximum atomic E-state index is 13.1. The summed E-state index contributed by atoms with van der Waals surface area (Å²) in [6.45, 7) is 7.54. The number of benzene rings is 1. The van der Waals surface area contributed by atoms with Gasteiger partial charge in [0, 0.05) is 12.2 Å². The summed E-state index contributed by atoms with van der Waals surface area (Å²) in [4.78, 5) is 45.5. The first-order valence-corrected chi connectivity index (χ1v) is 10.2. The number of nitrogens with zero attached hydrogens (tertiary/aromatic N) is 2. The number of aromatic amines is 1. The number of ether oxygens (including phenoxy) is 1. The topological polar surface area (TPSA) is 94.1 Å². The fourth-order valence-electron chi connectivity index (χ4n) is 3.34. The van der Waals surface area contributed by atoms with Gasteiger partial charge in [0.2, 0.25) is 0 Å². The normalized spacial score (nSPS) is 12.2. The number of thioether (sulfide) groups is 1. The van der Waals surface area contributed by atoms with Crippen LogP contribution in [0.4, 0.5) is 0 Å². The Morgan fingerprint density at radius 1 is 1.28 bits per heavy atom. The second kappa shape index (κ2) is 8.24. The Bertz CT molecular complexity index is 1160. The molecule has 1 N–H and O–H groups in total. The van der Waals surface area contributed by atoms with E-state index >= 15 is 0 Å². The Morgan fingerprint density at radius 2 is 1.97 bits per heavy atom. The summed E-state index contributed by atoms with van der Waals surface area (Å²) in [6.07, 6.45) is 0. The summed E-state index contributed by atoms with van der Waals surface area (Å²) in [5.74, 6) is -0.651. The molecule has 2 aromatic heterocycles. The Morgan fingerprint density at radius 3 is 2.62 bits per heavy atom. The summed E-state index contributed by atoms with van der Waals surface area (Å²) < 4.78 is 6.38. The van der Waals surface area contributed by atoms with Crippen molar-refractivity contribution in [3.05, 3.63) is 57.1 Å². The largest absolute Gasteiger partial charge is 0.465 e. The summed E-state index contributed by atoms with van der Waals surface area (Å²) in [5, 5.41) is 0.533. The van der Waals surface area contributed by atoms with Crippen molar-refractivity contribution >= 4 is 34.4 Å². The zero-order chi connectivity index (χ0) is 21.3. The third kappa shape index (κ3) is 3.72. The van der Waals surface area contributed by atoms with Gasteiger partial charge in [0.05, 0.1) is 34.5 Å². The molecule has 0 fully saturated rings. The number of rotatable bonds is 6. The van der Waals surface area contributed by atoms with Gasteiger partial charge in [0.25, 0.3) is 5.56 Å². The van der Waals surface area contributed by atoms with Gasteiger partial charge in [0.1, 0.15) is 0 Å². The van der Waals surface area contributed by atoms with E-state index in [1.165, 1.54) is 18.9 Å². The molecule has 0 aliphatic heterocycles. The highest BCUT2D eigenvalue weighted by molar-refractivity contribution is 8.00. The first-order chi connectivity index (χ1) is 13.8. The molecule has 3 rings (SSSR count). The molecule has 0 saturated carbocycles. The molecule has 0 bridgehead atoms. The number of para-hydroxylation sites is 1. The molecule has 7 nitrogen and oxygen atoms in total. The lowest BCUT2D eigenvalue weighted by atomic mass is 10.1. The number of aryl methyl sites for hydroxylation is 1. The first kappa shape index (κ1) is 20.9. The number of H-pyrrole nitrogens is 1. The molecule has 0 radical (unpaired) electrons. The van der Waals surface area contributed by atoms with Crippen LogP contribution in [0, 0.1) is 13.8 Å². The molecule has 1 aromatic carbocycles. The number of hydrogen-bond acceptors (Lipinski definition) is 6. The van der Waals surface area contributed by atoms with E-state index in [9.17, 15) is 14.4 Å². The van der Waals surface area contributed by atoms with E-state index in [0.717, 1.165) is 0 Å². The predicted molar refractivity (Wildman–Crippen MR) is 113 cm³/mol. The molecule has 0 amide bonds. The number of Topliss-reactive ketones (excluding diaryl/α,β-unsaturated/α-hetero) is 1. The highest BCUT2D eigenvalue weighted by atomic mass is 32.2. The van der Waals surface area contributed by atoms with Gasteiger partial charge < -0.3 is 9.72 Å². The van der Waals surface area contributed by atoms with E-state index in [-0.39, 0.29) is 11.3 Å². The van der Waals surface area contributed by atoms with Crippen LogP contribution in [-0.2, 0) is 11.3 Å². The summed E-state index contributed by atoms with van der Waals surface area (Å²) >= 11 is 1.23. The summed E-state index contributed by atoms with van der Waals surface area (Å²) in [5.41, 5.74) is 2.37. The predicted octanol–water partition coefficient (Wildman–Crippen LogP) is 3.51. The number of carbonyl (C=O) groups excluding carboxylic acids is 2. The van der Waals surface area contributed by atoms with Crippen molar-refractivity contribution in [1.82, 2.24) is 14.5 Å². The minimum absolute atomic E-state index is 0.125. The Balaban J connectivity index is 1.97. The molecule has 0 aliphatic rings. The zero-order valence-electron chi connectivity index (χ0n) is 17.0. The molecule has 29 heavy (non-hydrogen) atoms. The van der Waals surface area contributed by atoms with Crippen molar-refractivity contribution in [3.8, 4) is 0 Å². The van der Waals surface area contributed by atoms with Gasteiger partial charge in [-0.1, -0.05) is 23.9 Å². The number of nitrogens with one attached hydrogen (secondary N) is 1. The first-order valence-electron chi connectivity index (χ1n) is 9.28. The number of fused-ring (bicyclic) bond motifs is 1. The van der Waals surface area contributed by atoms with Gasteiger partial charge >= 0.3 is 5.97 Å². The van der Waals surface area contributed by atoms with Crippen molar-refractivity contribution in [2.45, 2.75) is 44.6 Å². The molecule has 1 atom stereocenters. The molecule has 3 aromatic rings. The van der Waals surface area contributed by atoms with E-state index in [2.05, 4.69) is 9.97 Å². The lowest BCUT2D eigenvalue weighted by Crippen LogP contribution is -2.24. The zero-order valence-corrected chi connectivity index (χ0v) is 17.8. The number of carbonyl (C=O) groups is 2. The van der Waals surface area contributed by atoms with Gasteiger partial charge in [-0.05, 0) is 45.4 Å². The molecular weight excluding hydrogens is 390 g/mol. The highest BCUT2D eigenvalue weighted by Gasteiger charge is 2.27. The highest BCUT2D eigenvalue weighted by Crippen LogP contribution is 2.27. The second-order valence-electron chi connectivity index (χ2n) is 6.70. The van der Waals surface area contributed by atoms with Crippen LogP contribution in [0.5, 0.6) is 0 Å². The van der Waals surface area contributed by atoms with E-state index < -0.39 is 11.2 Å². The molecule has 152 valence electrons. The van der Waals surface area contributed by atoms with Crippen LogP contribution in [0.3, 0.4) is 0 Å². The standard InChI is InChI=1S/C21H23N3O4S/c1-6-24-19(26)14-9-7-8-10-15(14)23-21(24)29-13(4)18(25)17-11(2)16(12(3)22-17)20(27)28-5/h7-10,13,22H,6H2,1-5H3/t13-/m0/s1. The monoisotopic (exact) mass is 413 g/mol. The Kier molecular flexibility index (Phi) is 5.93. The fourth-order valence-corrected chi connectivity index (χ4v) is 4.37. The molecule has 0 aliphatic carbocycles. The van der Waals surface area contributed by atoms with Gasteiger partial charge in [-0.3, -0.25) is 14.2 Å². The van der Waals surface area contributed by atoms with Crippen molar-refractivity contribution in [2.75, 3.05) is 7.11 Å². The molecule has 0 saturated heterocycles. The second-order valence-corrected chi connectivity index (χ2v) is 8.01. The minimum Gasteiger partial charge on any atom is -0.465 e. The molecule has 2 heterocycles. The lowest BCUT2D eigenvalue weighted by molar-refractivity contribution is 0.0599.